The Labute approximate surface area is 196 Å². The molecule has 5 rings (SSSR count). The lowest BCUT2D eigenvalue weighted by molar-refractivity contribution is 1.47. The van der Waals surface area contributed by atoms with Crippen LogP contribution in [0.2, 0.25) is 0 Å². The summed E-state index contributed by atoms with van der Waals surface area (Å²) in [5, 5.41) is 0. The number of hydrogen-bond acceptors (Lipinski definition) is 0. The molecule has 0 atom stereocenters. The first-order chi connectivity index (χ1) is 16.3. The second kappa shape index (κ2) is 9.54. The Bertz CT molecular complexity index is 1300. The standard InChI is InChI=1S/C33H26/c1-25-12-16-27(17-13-25)29-20-22-30(23-21-29)28-18-14-26(15-19-28)24-33(31-8-4-2-5-9-31)32-10-6-3-7-11-32/h2-24H,1H3. The van der Waals surface area contributed by atoms with Gasteiger partial charge < -0.3 is 0 Å². The van der Waals surface area contributed by atoms with Crippen LogP contribution in [-0.2, 0) is 0 Å². The topological polar surface area (TPSA) is 0 Å². The largest absolute Gasteiger partial charge is 0.0622 e. The summed E-state index contributed by atoms with van der Waals surface area (Å²) >= 11 is 0. The van der Waals surface area contributed by atoms with Gasteiger partial charge in [-0.25, -0.2) is 0 Å². The summed E-state index contributed by atoms with van der Waals surface area (Å²) in [5.41, 5.74) is 11.1. The van der Waals surface area contributed by atoms with E-state index >= 15 is 0 Å². The summed E-state index contributed by atoms with van der Waals surface area (Å²) in [7, 11) is 0. The van der Waals surface area contributed by atoms with Gasteiger partial charge in [-0.3, -0.25) is 0 Å². The van der Waals surface area contributed by atoms with Crippen LogP contribution in [0.4, 0.5) is 0 Å². The molecule has 0 heterocycles. The third-order valence-electron chi connectivity index (χ3n) is 5.99. The molecule has 5 aromatic carbocycles. The molecule has 0 saturated carbocycles. The summed E-state index contributed by atoms with van der Waals surface area (Å²) in [5.74, 6) is 0. The first-order valence-electron chi connectivity index (χ1n) is 11.4. The number of rotatable bonds is 5. The van der Waals surface area contributed by atoms with Crippen LogP contribution >= 0.6 is 0 Å². The molecule has 0 N–H and O–H groups in total. The molecule has 0 unspecified atom stereocenters. The molecular weight excluding hydrogens is 396 g/mol. The maximum absolute atomic E-state index is 2.27. The van der Waals surface area contributed by atoms with Crippen molar-refractivity contribution in [2.75, 3.05) is 0 Å². The Morgan fingerprint density at radius 3 is 1.21 bits per heavy atom. The predicted molar refractivity (Wildman–Crippen MR) is 142 cm³/mol. The van der Waals surface area contributed by atoms with E-state index in [2.05, 4.69) is 146 Å². The van der Waals surface area contributed by atoms with E-state index in [0.717, 1.165) is 0 Å². The smallest absolute Gasteiger partial charge is 0.0105 e. The molecule has 0 aliphatic heterocycles. The number of benzene rings is 5. The summed E-state index contributed by atoms with van der Waals surface area (Å²) in [4.78, 5) is 0. The SMILES string of the molecule is Cc1ccc(-c2ccc(-c3ccc(C=C(c4ccccc4)c4ccccc4)cc3)cc2)cc1. The molecule has 5 aromatic rings. The lowest BCUT2D eigenvalue weighted by Gasteiger charge is -2.10. The molecule has 0 nitrogen and oxygen atoms in total. The highest BCUT2D eigenvalue weighted by Gasteiger charge is 2.06. The fourth-order valence-electron chi connectivity index (χ4n) is 4.11. The second-order valence-corrected chi connectivity index (χ2v) is 8.36. The van der Waals surface area contributed by atoms with Gasteiger partial charge in [0.1, 0.15) is 0 Å². The van der Waals surface area contributed by atoms with Crippen molar-refractivity contribution in [3.8, 4) is 22.3 Å². The Morgan fingerprint density at radius 1 is 0.424 bits per heavy atom. The van der Waals surface area contributed by atoms with E-state index in [9.17, 15) is 0 Å². The Hall–Kier alpha value is -4.16. The minimum Gasteiger partial charge on any atom is -0.0622 e. The van der Waals surface area contributed by atoms with E-state index in [1.165, 1.54) is 50.1 Å². The van der Waals surface area contributed by atoms with Crippen molar-refractivity contribution in [2.24, 2.45) is 0 Å². The lowest BCUT2D eigenvalue weighted by Crippen LogP contribution is -1.88. The summed E-state index contributed by atoms with van der Waals surface area (Å²) in [6, 6.07) is 47.5. The Balaban J connectivity index is 1.42. The Kier molecular flexibility index (Phi) is 5.99. The van der Waals surface area contributed by atoms with E-state index in [1.807, 2.05) is 0 Å². The van der Waals surface area contributed by atoms with Crippen LogP contribution in [0.5, 0.6) is 0 Å². The fourth-order valence-corrected chi connectivity index (χ4v) is 4.11. The molecule has 0 radical (unpaired) electrons. The highest BCUT2D eigenvalue weighted by Crippen LogP contribution is 2.28. The summed E-state index contributed by atoms with van der Waals surface area (Å²) in [6.45, 7) is 2.12. The van der Waals surface area contributed by atoms with Crippen LogP contribution in [0.1, 0.15) is 22.3 Å². The van der Waals surface area contributed by atoms with Crippen molar-refractivity contribution in [3.63, 3.8) is 0 Å². The average molecular weight is 423 g/mol. The zero-order chi connectivity index (χ0) is 22.5. The highest BCUT2D eigenvalue weighted by molar-refractivity contribution is 5.91. The van der Waals surface area contributed by atoms with Crippen LogP contribution in [0.15, 0.2) is 133 Å². The average Bonchev–Trinajstić information content (AvgIpc) is 2.89. The van der Waals surface area contributed by atoms with Crippen LogP contribution in [0.3, 0.4) is 0 Å². The van der Waals surface area contributed by atoms with Crippen LogP contribution < -0.4 is 0 Å². The molecule has 33 heavy (non-hydrogen) atoms. The van der Waals surface area contributed by atoms with Gasteiger partial charge in [-0.15, -0.1) is 0 Å². The third kappa shape index (κ3) is 4.86. The second-order valence-electron chi connectivity index (χ2n) is 8.36. The van der Waals surface area contributed by atoms with Crippen LogP contribution in [0.25, 0.3) is 33.9 Å². The summed E-state index contributed by atoms with van der Waals surface area (Å²) < 4.78 is 0. The first kappa shape index (κ1) is 20.7. The molecule has 0 aromatic heterocycles. The molecule has 0 spiro atoms. The van der Waals surface area contributed by atoms with Crippen molar-refractivity contribution in [1.82, 2.24) is 0 Å². The van der Waals surface area contributed by atoms with Crippen molar-refractivity contribution < 1.29 is 0 Å². The monoisotopic (exact) mass is 422 g/mol. The molecule has 0 heteroatoms. The van der Waals surface area contributed by atoms with Gasteiger partial charge >= 0.3 is 0 Å². The van der Waals surface area contributed by atoms with E-state index in [4.69, 9.17) is 0 Å². The third-order valence-corrected chi connectivity index (χ3v) is 5.99. The van der Waals surface area contributed by atoms with Crippen molar-refractivity contribution in [3.05, 3.63) is 156 Å². The number of hydrogen-bond donors (Lipinski definition) is 0. The van der Waals surface area contributed by atoms with E-state index in [-0.39, 0.29) is 0 Å². The first-order valence-corrected chi connectivity index (χ1v) is 11.4. The zero-order valence-electron chi connectivity index (χ0n) is 18.8. The van der Waals surface area contributed by atoms with Gasteiger partial charge in [0.05, 0.1) is 0 Å². The fraction of sp³-hybridized carbons (Fsp3) is 0.0303. The highest BCUT2D eigenvalue weighted by atomic mass is 14.1. The van der Waals surface area contributed by atoms with Gasteiger partial charge in [0.2, 0.25) is 0 Å². The maximum atomic E-state index is 2.27. The van der Waals surface area contributed by atoms with E-state index in [1.54, 1.807) is 0 Å². The van der Waals surface area contributed by atoms with Crippen molar-refractivity contribution >= 4 is 11.6 Å². The molecular formula is C33H26. The van der Waals surface area contributed by atoms with E-state index < -0.39 is 0 Å². The molecule has 158 valence electrons. The lowest BCUT2D eigenvalue weighted by atomic mass is 9.95. The van der Waals surface area contributed by atoms with Gasteiger partial charge in [0, 0.05) is 0 Å². The number of aryl methyl sites for hydroxylation is 1. The molecule has 0 amide bonds. The normalized spacial score (nSPS) is 10.6. The molecule has 0 saturated heterocycles. The van der Waals surface area contributed by atoms with Gasteiger partial charge in [0.15, 0.2) is 0 Å². The van der Waals surface area contributed by atoms with Crippen LogP contribution in [0, 0.1) is 6.92 Å². The minimum absolute atomic E-state index is 1.19. The Morgan fingerprint density at radius 2 is 0.788 bits per heavy atom. The quantitative estimate of drug-likeness (QED) is 0.248. The maximum Gasteiger partial charge on any atom is -0.0105 e. The minimum atomic E-state index is 1.19. The van der Waals surface area contributed by atoms with Gasteiger partial charge in [0.25, 0.3) is 0 Å². The van der Waals surface area contributed by atoms with E-state index in [0.29, 0.717) is 0 Å². The van der Waals surface area contributed by atoms with Crippen molar-refractivity contribution in [1.29, 1.82) is 0 Å². The predicted octanol–water partition coefficient (Wildman–Crippen LogP) is 8.92. The van der Waals surface area contributed by atoms with Gasteiger partial charge in [-0.2, -0.15) is 0 Å². The van der Waals surface area contributed by atoms with Crippen LogP contribution in [-0.4, -0.2) is 0 Å². The zero-order valence-corrected chi connectivity index (χ0v) is 18.8. The molecule has 0 aliphatic rings. The molecule has 0 aliphatic carbocycles. The molecule has 0 fully saturated rings. The summed E-state index contributed by atoms with van der Waals surface area (Å²) in [6.07, 6.45) is 2.27. The van der Waals surface area contributed by atoms with Gasteiger partial charge in [-0.1, -0.05) is 139 Å². The van der Waals surface area contributed by atoms with Gasteiger partial charge in [-0.05, 0) is 57.5 Å². The van der Waals surface area contributed by atoms with Crippen molar-refractivity contribution in [2.45, 2.75) is 6.92 Å². The molecule has 0 bridgehead atoms.